The molecule has 2 aromatic rings. The van der Waals surface area contributed by atoms with Gasteiger partial charge in [0.05, 0.1) is 15.5 Å². The van der Waals surface area contributed by atoms with E-state index in [1.807, 2.05) is 7.05 Å². The van der Waals surface area contributed by atoms with Crippen LogP contribution in [0.3, 0.4) is 0 Å². The van der Waals surface area contributed by atoms with Crippen LogP contribution in [-0.4, -0.2) is 59.3 Å². The molecule has 7 nitrogen and oxygen atoms in total. The van der Waals surface area contributed by atoms with Crippen LogP contribution >= 0.6 is 0 Å². The van der Waals surface area contributed by atoms with Gasteiger partial charge in [-0.1, -0.05) is 6.07 Å². The number of hydrogen-bond acceptors (Lipinski definition) is 5. The second-order valence-corrected chi connectivity index (χ2v) is 10.8. The van der Waals surface area contributed by atoms with Crippen molar-refractivity contribution < 1.29 is 21.2 Å². The first kappa shape index (κ1) is 21.7. The van der Waals surface area contributed by atoms with Gasteiger partial charge in [-0.3, -0.25) is 4.72 Å². The van der Waals surface area contributed by atoms with E-state index in [1.165, 1.54) is 29.4 Å². The molecule has 0 aliphatic carbocycles. The molecule has 1 saturated heterocycles. The Morgan fingerprint density at radius 2 is 1.52 bits per heavy atom. The highest BCUT2D eigenvalue weighted by molar-refractivity contribution is 7.92. The molecule has 0 spiro atoms. The van der Waals surface area contributed by atoms with Crippen LogP contribution in [0, 0.1) is 19.7 Å². The number of hydrogen-bond donors (Lipinski definition) is 1. The van der Waals surface area contributed by atoms with Crippen molar-refractivity contribution in [3.63, 3.8) is 0 Å². The van der Waals surface area contributed by atoms with Crippen LogP contribution in [0.5, 0.6) is 0 Å². The summed E-state index contributed by atoms with van der Waals surface area (Å²) >= 11 is 0. The summed E-state index contributed by atoms with van der Waals surface area (Å²) in [5.41, 5.74) is 0.923. The number of piperazine rings is 1. The molecule has 1 aliphatic heterocycles. The third kappa shape index (κ3) is 4.61. The van der Waals surface area contributed by atoms with E-state index in [1.54, 1.807) is 13.0 Å². The number of halogens is 1. The summed E-state index contributed by atoms with van der Waals surface area (Å²) in [5.74, 6) is -0.530. The molecule has 0 aromatic heterocycles. The van der Waals surface area contributed by atoms with Crippen molar-refractivity contribution >= 4 is 25.7 Å². The summed E-state index contributed by atoms with van der Waals surface area (Å²) in [6.45, 7) is 5.19. The molecule has 158 valence electrons. The molecule has 0 saturated carbocycles. The van der Waals surface area contributed by atoms with Crippen molar-refractivity contribution in [2.45, 2.75) is 23.6 Å². The molecule has 0 bridgehead atoms. The minimum absolute atomic E-state index is 0.0667. The van der Waals surface area contributed by atoms with Gasteiger partial charge in [0.25, 0.3) is 10.0 Å². The van der Waals surface area contributed by atoms with E-state index < -0.39 is 25.9 Å². The molecular formula is C19H24FN3O4S2. The lowest BCUT2D eigenvalue weighted by Gasteiger charge is -2.32. The van der Waals surface area contributed by atoms with Gasteiger partial charge in [-0.05, 0) is 62.4 Å². The zero-order valence-corrected chi connectivity index (χ0v) is 18.1. The molecule has 1 N–H and O–H groups in total. The molecule has 10 heteroatoms. The van der Waals surface area contributed by atoms with Gasteiger partial charge in [0.1, 0.15) is 5.82 Å². The predicted molar refractivity (Wildman–Crippen MR) is 109 cm³/mol. The third-order valence-electron chi connectivity index (χ3n) is 4.95. The number of sulfonamides is 2. The van der Waals surface area contributed by atoms with Crippen LogP contribution in [0.15, 0.2) is 46.2 Å². The number of aryl methyl sites for hydroxylation is 2. The van der Waals surface area contributed by atoms with Gasteiger partial charge < -0.3 is 4.90 Å². The Morgan fingerprint density at radius 3 is 2.14 bits per heavy atom. The minimum atomic E-state index is -4.00. The fourth-order valence-corrected chi connectivity index (χ4v) is 6.18. The summed E-state index contributed by atoms with van der Waals surface area (Å²) in [4.78, 5) is 2.05. The molecule has 0 atom stereocenters. The van der Waals surface area contributed by atoms with Crippen LogP contribution in [0.1, 0.15) is 11.1 Å². The van der Waals surface area contributed by atoms with E-state index in [-0.39, 0.29) is 21.0 Å². The van der Waals surface area contributed by atoms with E-state index in [0.29, 0.717) is 31.7 Å². The average molecular weight is 442 g/mol. The second-order valence-electron chi connectivity index (χ2n) is 7.20. The Bertz CT molecular complexity index is 1130. The quantitative estimate of drug-likeness (QED) is 0.769. The average Bonchev–Trinajstić information content (AvgIpc) is 2.63. The summed E-state index contributed by atoms with van der Waals surface area (Å²) in [5, 5.41) is 0. The smallest absolute Gasteiger partial charge is 0.262 e. The van der Waals surface area contributed by atoms with Gasteiger partial charge in [0.15, 0.2) is 0 Å². The highest BCUT2D eigenvalue weighted by Gasteiger charge is 2.29. The SMILES string of the molecule is Cc1cc(F)ccc1S(=O)(=O)Nc1ccc(C)c(S(=O)(=O)N2CCN(C)CC2)c1. The van der Waals surface area contributed by atoms with Crippen LogP contribution < -0.4 is 4.72 Å². The zero-order chi connectivity index (χ0) is 21.4. The summed E-state index contributed by atoms with van der Waals surface area (Å²) in [6, 6.07) is 7.79. The number of nitrogens with zero attached hydrogens (tertiary/aromatic N) is 2. The topological polar surface area (TPSA) is 86.8 Å². The summed E-state index contributed by atoms with van der Waals surface area (Å²) in [7, 11) is -5.82. The van der Waals surface area contributed by atoms with Crippen LogP contribution in [0.4, 0.5) is 10.1 Å². The molecule has 0 unspecified atom stereocenters. The van der Waals surface area contributed by atoms with Crippen LogP contribution in [0.2, 0.25) is 0 Å². The third-order valence-corrected chi connectivity index (χ3v) is 8.53. The van der Waals surface area contributed by atoms with Gasteiger partial charge in [0.2, 0.25) is 10.0 Å². The lowest BCUT2D eigenvalue weighted by atomic mass is 10.2. The van der Waals surface area contributed by atoms with Crippen molar-refractivity contribution in [1.82, 2.24) is 9.21 Å². The molecule has 29 heavy (non-hydrogen) atoms. The van der Waals surface area contributed by atoms with Crippen molar-refractivity contribution in [1.29, 1.82) is 0 Å². The maximum atomic E-state index is 13.3. The van der Waals surface area contributed by atoms with Gasteiger partial charge in [-0.15, -0.1) is 0 Å². The van der Waals surface area contributed by atoms with Crippen molar-refractivity contribution in [3.05, 3.63) is 53.3 Å². The van der Waals surface area contributed by atoms with Crippen molar-refractivity contribution in [2.75, 3.05) is 37.9 Å². The Labute approximate surface area is 171 Å². The van der Waals surface area contributed by atoms with Crippen LogP contribution in [0.25, 0.3) is 0 Å². The van der Waals surface area contributed by atoms with E-state index in [9.17, 15) is 21.2 Å². The van der Waals surface area contributed by atoms with E-state index in [0.717, 1.165) is 12.1 Å². The largest absolute Gasteiger partial charge is 0.304 e. The van der Waals surface area contributed by atoms with Gasteiger partial charge in [0, 0.05) is 26.2 Å². The van der Waals surface area contributed by atoms with E-state index >= 15 is 0 Å². The number of benzene rings is 2. The van der Waals surface area contributed by atoms with E-state index in [2.05, 4.69) is 9.62 Å². The minimum Gasteiger partial charge on any atom is -0.304 e. The Kier molecular flexibility index (Phi) is 6.00. The Hall–Kier alpha value is -2.01. The van der Waals surface area contributed by atoms with E-state index in [4.69, 9.17) is 0 Å². The number of anilines is 1. The normalized spacial score (nSPS) is 16.7. The van der Waals surface area contributed by atoms with Gasteiger partial charge in [-0.2, -0.15) is 4.31 Å². The maximum absolute atomic E-state index is 13.3. The van der Waals surface area contributed by atoms with Gasteiger partial charge >= 0.3 is 0 Å². The molecule has 2 aromatic carbocycles. The highest BCUT2D eigenvalue weighted by atomic mass is 32.2. The summed E-state index contributed by atoms with van der Waals surface area (Å²) in [6.07, 6.45) is 0. The van der Waals surface area contributed by atoms with Crippen molar-refractivity contribution in [3.8, 4) is 0 Å². The van der Waals surface area contributed by atoms with Crippen molar-refractivity contribution in [2.24, 2.45) is 0 Å². The first-order valence-corrected chi connectivity index (χ1v) is 12.0. The standard InChI is InChI=1S/C19H24FN3O4S2/c1-14-4-6-17(21-28(24,25)18-7-5-16(20)12-15(18)2)13-19(14)29(26,27)23-10-8-22(3)9-11-23/h4-7,12-13,21H,8-11H2,1-3H3. The highest BCUT2D eigenvalue weighted by Crippen LogP contribution is 2.26. The Morgan fingerprint density at radius 1 is 0.862 bits per heavy atom. The fourth-order valence-electron chi connectivity index (χ4n) is 3.23. The number of likely N-dealkylation sites (N-methyl/N-ethyl adjacent to an activating group) is 1. The maximum Gasteiger partial charge on any atom is 0.262 e. The molecule has 0 radical (unpaired) electrons. The van der Waals surface area contributed by atoms with Crippen LogP contribution in [-0.2, 0) is 20.0 Å². The second kappa shape index (κ2) is 8.02. The Balaban J connectivity index is 1.93. The predicted octanol–water partition coefficient (Wildman–Crippen LogP) is 2.18. The molecular weight excluding hydrogens is 417 g/mol. The molecule has 3 rings (SSSR count). The monoisotopic (exact) mass is 441 g/mol. The molecule has 0 amide bonds. The first-order valence-electron chi connectivity index (χ1n) is 9.09. The van der Waals surface area contributed by atoms with Gasteiger partial charge in [-0.25, -0.2) is 21.2 Å². The summed E-state index contributed by atoms with van der Waals surface area (Å²) < 4.78 is 68.7. The first-order chi connectivity index (χ1) is 13.5. The number of rotatable bonds is 5. The fraction of sp³-hybridized carbons (Fsp3) is 0.368. The lowest BCUT2D eigenvalue weighted by Crippen LogP contribution is -2.47. The lowest BCUT2D eigenvalue weighted by molar-refractivity contribution is 0.222. The zero-order valence-electron chi connectivity index (χ0n) is 16.5. The molecule has 1 aliphatic rings. The molecule has 1 heterocycles. The molecule has 1 fully saturated rings. The number of nitrogens with one attached hydrogen (secondary N) is 1.